The van der Waals surface area contributed by atoms with E-state index in [0.29, 0.717) is 5.02 Å². The number of phenols is 1. The van der Waals surface area contributed by atoms with Crippen molar-refractivity contribution < 1.29 is 5.11 Å². The van der Waals surface area contributed by atoms with E-state index in [9.17, 15) is 0 Å². The lowest BCUT2D eigenvalue weighted by Gasteiger charge is -1.96. The molecule has 2 N–H and O–H groups in total. The van der Waals surface area contributed by atoms with Crippen LogP contribution >= 0.6 is 11.6 Å². The summed E-state index contributed by atoms with van der Waals surface area (Å²) in [7, 11) is 1.88. The van der Waals surface area contributed by atoms with Crippen LogP contribution in [0.15, 0.2) is 18.2 Å². The fourth-order valence-electron chi connectivity index (χ4n) is 0.951. The second kappa shape index (κ2) is 5.54. The third-order valence-electron chi connectivity index (χ3n) is 1.68. The van der Waals surface area contributed by atoms with Crippen LogP contribution in [0.25, 0.3) is 0 Å². The molecule has 14 heavy (non-hydrogen) atoms. The van der Waals surface area contributed by atoms with Gasteiger partial charge in [-0.25, -0.2) is 0 Å². The lowest BCUT2D eigenvalue weighted by molar-refractivity contribution is 0.475. The number of aromatic hydroxyl groups is 1. The van der Waals surface area contributed by atoms with Crippen LogP contribution < -0.4 is 5.32 Å². The zero-order chi connectivity index (χ0) is 10.4. The van der Waals surface area contributed by atoms with E-state index in [-0.39, 0.29) is 5.75 Å². The van der Waals surface area contributed by atoms with Crippen molar-refractivity contribution in [2.75, 3.05) is 13.6 Å². The van der Waals surface area contributed by atoms with E-state index in [1.807, 2.05) is 7.05 Å². The lowest BCUT2D eigenvalue weighted by Crippen LogP contribution is -2.05. The smallest absolute Gasteiger partial charge is 0.117 e. The van der Waals surface area contributed by atoms with Crippen LogP contribution in [-0.4, -0.2) is 18.7 Å². The van der Waals surface area contributed by atoms with Crippen LogP contribution in [0, 0.1) is 11.8 Å². The van der Waals surface area contributed by atoms with Crippen LogP contribution in [0.3, 0.4) is 0 Å². The number of hydrogen-bond acceptors (Lipinski definition) is 2. The van der Waals surface area contributed by atoms with Crippen molar-refractivity contribution >= 4 is 11.6 Å². The highest BCUT2D eigenvalue weighted by Crippen LogP contribution is 2.20. The first-order valence-electron chi connectivity index (χ1n) is 4.36. The summed E-state index contributed by atoms with van der Waals surface area (Å²) >= 11 is 5.86. The molecule has 3 heteroatoms. The molecule has 74 valence electrons. The molecule has 1 aromatic rings. The number of nitrogens with one attached hydrogen (secondary N) is 1. The monoisotopic (exact) mass is 209 g/mol. The maximum atomic E-state index is 9.10. The molecule has 2 nitrogen and oxygen atoms in total. The van der Waals surface area contributed by atoms with Crippen LogP contribution in [0.4, 0.5) is 0 Å². The second-order valence-corrected chi connectivity index (χ2v) is 3.23. The topological polar surface area (TPSA) is 32.3 Å². The third kappa shape index (κ3) is 3.29. The highest BCUT2D eigenvalue weighted by atomic mass is 35.5. The summed E-state index contributed by atoms with van der Waals surface area (Å²) in [5, 5.41) is 12.6. The Kier molecular flexibility index (Phi) is 4.31. The molecule has 0 fully saturated rings. The Morgan fingerprint density at radius 3 is 2.93 bits per heavy atom. The van der Waals surface area contributed by atoms with Crippen molar-refractivity contribution in [2.24, 2.45) is 0 Å². The van der Waals surface area contributed by atoms with Gasteiger partial charge in [-0.2, -0.15) is 0 Å². The van der Waals surface area contributed by atoms with Gasteiger partial charge in [-0.3, -0.25) is 0 Å². The van der Waals surface area contributed by atoms with E-state index < -0.39 is 0 Å². The largest absolute Gasteiger partial charge is 0.508 e. The predicted octanol–water partition coefficient (Wildman–Crippen LogP) is 2.01. The molecule has 0 aromatic heterocycles. The molecule has 0 heterocycles. The first-order chi connectivity index (χ1) is 6.74. The molecular formula is C11H12ClNO. The second-order valence-electron chi connectivity index (χ2n) is 2.82. The minimum absolute atomic E-state index is 0.163. The number of hydrogen-bond donors (Lipinski definition) is 2. The van der Waals surface area contributed by atoms with Crippen molar-refractivity contribution in [2.45, 2.75) is 6.42 Å². The molecule has 0 bridgehead atoms. The highest BCUT2D eigenvalue weighted by Gasteiger charge is 1.96. The molecule has 0 unspecified atom stereocenters. The maximum absolute atomic E-state index is 9.10. The van der Waals surface area contributed by atoms with Gasteiger partial charge in [-0.1, -0.05) is 23.4 Å². The van der Waals surface area contributed by atoms with Gasteiger partial charge in [0.05, 0.1) is 5.02 Å². The summed E-state index contributed by atoms with van der Waals surface area (Å²) < 4.78 is 0. The Morgan fingerprint density at radius 2 is 2.29 bits per heavy atom. The molecule has 0 aliphatic heterocycles. The zero-order valence-corrected chi connectivity index (χ0v) is 8.73. The van der Waals surface area contributed by atoms with E-state index in [1.165, 1.54) is 6.07 Å². The van der Waals surface area contributed by atoms with Crippen molar-refractivity contribution in [3.05, 3.63) is 28.8 Å². The third-order valence-corrected chi connectivity index (χ3v) is 1.99. The average Bonchev–Trinajstić information content (AvgIpc) is 2.15. The fraction of sp³-hybridized carbons (Fsp3) is 0.273. The number of benzene rings is 1. The molecule has 0 atom stereocenters. The van der Waals surface area contributed by atoms with Crippen molar-refractivity contribution in [1.82, 2.24) is 5.32 Å². The predicted molar refractivity (Wildman–Crippen MR) is 58.5 cm³/mol. The Hall–Kier alpha value is -1.17. The Morgan fingerprint density at radius 1 is 1.50 bits per heavy atom. The molecule has 0 radical (unpaired) electrons. The quantitative estimate of drug-likeness (QED) is 0.577. The Bertz CT molecular complexity index is 365. The minimum atomic E-state index is 0.163. The summed E-state index contributed by atoms with van der Waals surface area (Å²) in [4.78, 5) is 0. The standard InChI is InChI=1S/C11H12ClNO/c1-13-7-3-2-4-9-5-6-10(14)8-11(9)12/h5-6,8,13-14H,3,7H2,1H3. The average molecular weight is 210 g/mol. The van der Waals surface area contributed by atoms with Crippen molar-refractivity contribution in [3.8, 4) is 17.6 Å². The first kappa shape index (κ1) is 10.9. The maximum Gasteiger partial charge on any atom is 0.117 e. The lowest BCUT2D eigenvalue weighted by atomic mass is 10.2. The van der Waals surface area contributed by atoms with Crippen LogP contribution in [0.2, 0.25) is 5.02 Å². The molecule has 0 aliphatic rings. The van der Waals surface area contributed by atoms with E-state index in [4.69, 9.17) is 16.7 Å². The van der Waals surface area contributed by atoms with Gasteiger partial charge in [-0.05, 0) is 25.2 Å². The molecular weight excluding hydrogens is 198 g/mol. The van der Waals surface area contributed by atoms with E-state index >= 15 is 0 Å². The number of rotatable bonds is 2. The number of phenolic OH excluding ortho intramolecular Hbond substituents is 1. The van der Waals surface area contributed by atoms with E-state index in [1.54, 1.807) is 12.1 Å². The van der Waals surface area contributed by atoms with Crippen LogP contribution in [-0.2, 0) is 0 Å². The normalized spacial score (nSPS) is 9.29. The van der Waals surface area contributed by atoms with Gasteiger partial charge in [0.1, 0.15) is 5.75 Å². The van der Waals surface area contributed by atoms with Gasteiger partial charge >= 0.3 is 0 Å². The summed E-state index contributed by atoms with van der Waals surface area (Å²) in [6.07, 6.45) is 0.785. The van der Waals surface area contributed by atoms with Gasteiger partial charge in [0, 0.05) is 18.5 Å². The Labute approximate surface area is 88.9 Å². The minimum Gasteiger partial charge on any atom is -0.508 e. The Balaban J connectivity index is 2.70. The van der Waals surface area contributed by atoms with Gasteiger partial charge in [0.25, 0.3) is 0 Å². The van der Waals surface area contributed by atoms with Crippen molar-refractivity contribution in [1.29, 1.82) is 0 Å². The van der Waals surface area contributed by atoms with Gasteiger partial charge in [0.15, 0.2) is 0 Å². The summed E-state index contributed by atoms with van der Waals surface area (Å²) in [6, 6.07) is 4.78. The molecule has 0 aliphatic carbocycles. The molecule has 1 rings (SSSR count). The number of halogens is 1. The zero-order valence-electron chi connectivity index (χ0n) is 7.97. The van der Waals surface area contributed by atoms with Gasteiger partial charge in [-0.15, -0.1) is 0 Å². The van der Waals surface area contributed by atoms with Crippen molar-refractivity contribution in [3.63, 3.8) is 0 Å². The first-order valence-corrected chi connectivity index (χ1v) is 4.74. The van der Waals surface area contributed by atoms with Gasteiger partial charge in [0.2, 0.25) is 0 Å². The molecule has 1 aromatic carbocycles. The SMILES string of the molecule is CNCCC#Cc1ccc(O)cc1Cl. The fourth-order valence-corrected chi connectivity index (χ4v) is 1.17. The summed E-state index contributed by atoms with van der Waals surface area (Å²) in [5.41, 5.74) is 0.751. The summed E-state index contributed by atoms with van der Waals surface area (Å²) in [5.74, 6) is 6.09. The van der Waals surface area contributed by atoms with E-state index in [2.05, 4.69) is 17.2 Å². The molecule has 0 saturated carbocycles. The van der Waals surface area contributed by atoms with Crippen LogP contribution in [0.1, 0.15) is 12.0 Å². The van der Waals surface area contributed by atoms with Gasteiger partial charge < -0.3 is 10.4 Å². The summed E-state index contributed by atoms with van der Waals surface area (Å²) in [6.45, 7) is 0.864. The van der Waals surface area contributed by atoms with Crippen LogP contribution in [0.5, 0.6) is 5.75 Å². The van der Waals surface area contributed by atoms with E-state index in [0.717, 1.165) is 18.5 Å². The molecule has 0 spiro atoms. The molecule has 0 saturated heterocycles. The molecule has 0 amide bonds. The highest BCUT2D eigenvalue weighted by molar-refractivity contribution is 6.31.